The van der Waals surface area contributed by atoms with Crippen LogP contribution in [0.5, 0.6) is 0 Å². The van der Waals surface area contributed by atoms with E-state index in [9.17, 15) is 9.90 Å². The summed E-state index contributed by atoms with van der Waals surface area (Å²) in [5, 5.41) is 13.4. The lowest BCUT2D eigenvalue weighted by molar-refractivity contribution is 0.0347. The number of rotatable bonds is 4. The monoisotopic (exact) mass is 354 g/mol. The number of β-amino-alcohol motifs (C(OH)–C–C–N with tert-alkyl or cyclic N) is 1. The molecule has 0 bridgehead atoms. The molecule has 6 heteroatoms. The Morgan fingerprint density at radius 1 is 1.23 bits per heavy atom. The minimum atomic E-state index is -0.601. The second kappa shape index (κ2) is 7.93. The number of aromatic nitrogens is 2. The van der Waals surface area contributed by atoms with Crippen LogP contribution in [0.3, 0.4) is 0 Å². The zero-order valence-corrected chi connectivity index (χ0v) is 15.6. The number of carbonyl (C=O) groups is 1. The van der Waals surface area contributed by atoms with Crippen molar-refractivity contribution in [3.8, 4) is 0 Å². The molecule has 1 aromatic heterocycles. The molecule has 1 aliphatic rings. The van der Waals surface area contributed by atoms with Crippen LogP contribution >= 0.6 is 0 Å². The van der Waals surface area contributed by atoms with Crippen molar-refractivity contribution >= 4 is 5.91 Å². The third kappa shape index (κ3) is 4.26. The van der Waals surface area contributed by atoms with Gasteiger partial charge in [0, 0.05) is 32.0 Å². The molecule has 1 aliphatic heterocycles. The molecule has 1 amide bonds. The number of carbonyl (C=O) groups excluding carboxylic acids is 1. The molecular formula is C20H26N4O2. The average Bonchev–Trinajstić information content (AvgIpc) is 2.62. The number of hydrogen-bond acceptors (Lipinski definition) is 5. The lowest BCUT2D eigenvalue weighted by Gasteiger charge is -2.36. The van der Waals surface area contributed by atoms with Gasteiger partial charge >= 0.3 is 0 Å². The first-order valence-corrected chi connectivity index (χ1v) is 8.98. The first-order chi connectivity index (χ1) is 12.4. The van der Waals surface area contributed by atoms with Gasteiger partial charge in [0.1, 0.15) is 5.69 Å². The number of aliphatic hydroxyl groups is 1. The van der Waals surface area contributed by atoms with Crippen LogP contribution in [-0.4, -0.2) is 51.1 Å². The number of nitrogens with one attached hydrogen (secondary N) is 1. The number of piperidine rings is 1. The number of likely N-dealkylation sites (tertiary alicyclic amines) is 1. The van der Waals surface area contributed by atoms with Crippen molar-refractivity contribution in [2.75, 3.05) is 13.1 Å². The fourth-order valence-electron chi connectivity index (χ4n) is 3.40. The third-order valence-electron chi connectivity index (χ3n) is 5.12. The summed E-state index contributed by atoms with van der Waals surface area (Å²) in [6.07, 6.45) is 4.55. The second-order valence-electron chi connectivity index (χ2n) is 7.12. The van der Waals surface area contributed by atoms with E-state index in [-0.39, 0.29) is 17.6 Å². The van der Waals surface area contributed by atoms with E-state index in [0.717, 1.165) is 13.1 Å². The van der Waals surface area contributed by atoms with Gasteiger partial charge in [0.15, 0.2) is 0 Å². The van der Waals surface area contributed by atoms with Crippen LogP contribution in [0.15, 0.2) is 30.7 Å². The molecule has 2 N–H and O–H groups in total. The molecule has 1 aromatic carbocycles. The van der Waals surface area contributed by atoms with Crippen molar-refractivity contribution in [1.29, 1.82) is 0 Å². The first kappa shape index (κ1) is 18.5. The predicted molar refractivity (Wildman–Crippen MR) is 99.8 cm³/mol. The van der Waals surface area contributed by atoms with Crippen molar-refractivity contribution in [3.05, 3.63) is 58.7 Å². The van der Waals surface area contributed by atoms with E-state index in [2.05, 4.69) is 53.1 Å². The largest absolute Gasteiger partial charge is 0.390 e. The quantitative estimate of drug-likeness (QED) is 0.875. The topological polar surface area (TPSA) is 78.4 Å². The van der Waals surface area contributed by atoms with Gasteiger partial charge in [0.25, 0.3) is 5.91 Å². The van der Waals surface area contributed by atoms with Crippen molar-refractivity contribution in [3.63, 3.8) is 0 Å². The summed E-state index contributed by atoms with van der Waals surface area (Å²) in [6, 6.07) is 4.19. The Kier molecular flexibility index (Phi) is 5.64. The molecule has 3 rings (SSSR count). The van der Waals surface area contributed by atoms with Gasteiger partial charge in [-0.25, -0.2) is 4.98 Å². The summed E-state index contributed by atoms with van der Waals surface area (Å²) in [4.78, 5) is 22.4. The highest BCUT2D eigenvalue weighted by Gasteiger charge is 2.29. The maximum Gasteiger partial charge on any atom is 0.271 e. The third-order valence-corrected chi connectivity index (χ3v) is 5.12. The van der Waals surface area contributed by atoms with E-state index in [1.807, 2.05) is 0 Å². The van der Waals surface area contributed by atoms with Gasteiger partial charge in [-0.15, -0.1) is 0 Å². The Hall–Kier alpha value is -2.31. The normalized spacial score (nSPS) is 20.8. The Bertz CT molecular complexity index is 779. The Labute approximate surface area is 154 Å². The van der Waals surface area contributed by atoms with Gasteiger partial charge in [0.2, 0.25) is 0 Å². The zero-order chi connectivity index (χ0) is 18.7. The summed E-state index contributed by atoms with van der Waals surface area (Å²) in [6.45, 7) is 8.57. The molecule has 1 saturated heterocycles. The minimum Gasteiger partial charge on any atom is -0.390 e. The lowest BCUT2D eigenvalue weighted by atomic mass is 9.98. The van der Waals surface area contributed by atoms with Gasteiger partial charge in [-0.05, 0) is 49.4 Å². The molecule has 0 aliphatic carbocycles. The van der Waals surface area contributed by atoms with Gasteiger partial charge in [-0.1, -0.05) is 12.1 Å². The van der Waals surface area contributed by atoms with Crippen LogP contribution in [-0.2, 0) is 6.54 Å². The van der Waals surface area contributed by atoms with Gasteiger partial charge in [-0.2, -0.15) is 0 Å². The van der Waals surface area contributed by atoms with E-state index in [1.54, 1.807) is 0 Å². The molecule has 138 valence electrons. The van der Waals surface area contributed by atoms with Gasteiger partial charge in [-0.3, -0.25) is 14.7 Å². The predicted octanol–water partition coefficient (Wildman–Crippen LogP) is 1.77. The number of aliphatic hydroxyl groups excluding tert-OH is 1. The molecule has 26 heavy (non-hydrogen) atoms. The molecular weight excluding hydrogens is 328 g/mol. The SMILES string of the molecule is Cc1cc(C)c(CN2CC[C@@H](NC(=O)c3cnccn3)[C@H](O)C2)cc1C. The van der Waals surface area contributed by atoms with Crippen LogP contribution in [0.2, 0.25) is 0 Å². The van der Waals surface area contributed by atoms with Crippen LogP contribution in [0.1, 0.15) is 39.2 Å². The van der Waals surface area contributed by atoms with Crippen LogP contribution in [0.4, 0.5) is 0 Å². The van der Waals surface area contributed by atoms with E-state index in [4.69, 9.17) is 0 Å². The van der Waals surface area contributed by atoms with Crippen molar-refractivity contribution < 1.29 is 9.90 Å². The van der Waals surface area contributed by atoms with E-state index in [1.165, 1.54) is 40.8 Å². The molecule has 0 saturated carbocycles. The Morgan fingerprint density at radius 3 is 2.69 bits per heavy atom. The van der Waals surface area contributed by atoms with Crippen molar-refractivity contribution in [1.82, 2.24) is 20.2 Å². The Morgan fingerprint density at radius 2 is 2.00 bits per heavy atom. The van der Waals surface area contributed by atoms with E-state index in [0.29, 0.717) is 13.0 Å². The van der Waals surface area contributed by atoms with Crippen molar-refractivity contribution in [2.45, 2.75) is 45.9 Å². The molecule has 0 unspecified atom stereocenters. The molecule has 0 spiro atoms. The number of aryl methyl sites for hydroxylation is 3. The minimum absolute atomic E-state index is 0.262. The second-order valence-corrected chi connectivity index (χ2v) is 7.12. The maximum absolute atomic E-state index is 12.2. The molecule has 2 heterocycles. The standard InChI is InChI=1S/C20H26N4O2/c1-13-8-15(3)16(9-14(13)2)11-24-7-4-17(19(25)12-24)23-20(26)18-10-21-5-6-22-18/h5-6,8-10,17,19,25H,4,7,11-12H2,1-3H3,(H,23,26)/t17-,19-/m1/s1. The van der Waals surface area contributed by atoms with E-state index >= 15 is 0 Å². The summed E-state index contributed by atoms with van der Waals surface area (Å²) >= 11 is 0. The van der Waals surface area contributed by atoms with Crippen LogP contribution < -0.4 is 5.32 Å². The fraction of sp³-hybridized carbons (Fsp3) is 0.450. The summed E-state index contributed by atoms with van der Waals surface area (Å²) in [7, 11) is 0. The molecule has 2 aromatic rings. The average molecular weight is 354 g/mol. The number of nitrogens with zero attached hydrogens (tertiary/aromatic N) is 3. The van der Waals surface area contributed by atoms with E-state index < -0.39 is 6.10 Å². The van der Waals surface area contributed by atoms with Crippen LogP contribution in [0.25, 0.3) is 0 Å². The number of benzene rings is 1. The first-order valence-electron chi connectivity index (χ1n) is 8.98. The molecule has 6 nitrogen and oxygen atoms in total. The molecule has 2 atom stereocenters. The summed E-state index contributed by atoms with van der Waals surface area (Å²) in [5.41, 5.74) is 5.44. The Balaban J connectivity index is 1.58. The lowest BCUT2D eigenvalue weighted by Crippen LogP contribution is -2.53. The highest BCUT2D eigenvalue weighted by Crippen LogP contribution is 2.20. The highest BCUT2D eigenvalue weighted by molar-refractivity contribution is 5.92. The fourth-order valence-corrected chi connectivity index (χ4v) is 3.40. The zero-order valence-electron chi connectivity index (χ0n) is 15.6. The highest BCUT2D eigenvalue weighted by atomic mass is 16.3. The van der Waals surface area contributed by atoms with Crippen molar-refractivity contribution in [2.24, 2.45) is 0 Å². The van der Waals surface area contributed by atoms with Gasteiger partial charge in [0.05, 0.1) is 18.3 Å². The van der Waals surface area contributed by atoms with Gasteiger partial charge < -0.3 is 10.4 Å². The number of hydrogen-bond donors (Lipinski definition) is 2. The molecule has 0 radical (unpaired) electrons. The summed E-state index contributed by atoms with van der Waals surface area (Å²) < 4.78 is 0. The van der Waals surface area contributed by atoms with Crippen LogP contribution in [0, 0.1) is 20.8 Å². The summed E-state index contributed by atoms with van der Waals surface area (Å²) in [5.74, 6) is -0.291. The molecule has 1 fully saturated rings. The number of amides is 1. The maximum atomic E-state index is 12.2. The smallest absolute Gasteiger partial charge is 0.271 e.